The predicted octanol–water partition coefficient (Wildman–Crippen LogP) is 4.50. The first-order chi connectivity index (χ1) is 11.1. The number of nitrogens with zero attached hydrogens (tertiary/aromatic N) is 3. The normalized spacial score (nSPS) is 9.96. The van der Waals surface area contributed by atoms with E-state index in [2.05, 4.69) is 16.4 Å². The first-order valence-electron chi connectivity index (χ1n) is 6.86. The number of pyridine rings is 1. The van der Waals surface area contributed by atoms with Gasteiger partial charge in [0, 0.05) is 41.2 Å². The summed E-state index contributed by atoms with van der Waals surface area (Å²) in [6.07, 6.45) is 3.87. The summed E-state index contributed by atoms with van der Waals surface area (Å²) in [5.74, 6) is 0. The van der Waals surface area contributed by atoms with Crippen LogP contribution in [0.15, 0.2) is 42.7 Å². The zero-order chi connectivity index (χ0) is 16.7. The number of rotatable bonds is 5. The molecule has 23 heavy (non-hydrogen) atoms. The Morgan fingerprint density at radius 2 is 2.04 bits per heavy atom. The minimum atomic E-state index is 0.373. The van der Waals surface area contributed by atoms with Gasteiger partial charge in [0.25, 0.3) is 0 Å². The topological polar surface area (TPSA) is 52.0 Å². The lowest BCUT2D eigenvalue weighted by Gasteiger charge is -2.25. The third-order valence-corrected chi connectivity index (χ3v) is 3.79. The van der Waals surface area contributed by atoms with Gasteiger partial charge in [0.05, 0.1) is 12.5 Å². The van der Waals surface area contributed by atoms with Gasteiger partial charge in [0.15, 0.2) is 5.11 Å². The van der Waals surface area contributed by atoms with E-state index in [1.165, 1.54) is 0 Å². The molecule has 0 atom stereocenters. The van der Waals surface area contributed by atoms with Gasteiger partial charge >= 0.3 is 0 Å². The van der Waals surface area contributed by atoms with E-state index in [4.69, 9.17) is 40.7 Å². The number of nitrogens with one attached hydrogen (secondary N) is 1. The lowest BCUT2D eigenvalue weighted by molar-refractivity contribution is 0.427. The highest BCUT2D eigenvalue weighted by molar-refractivity contribution is 7.80. The average molecular weight is 365 g/mol. The Hall–Kier alpha value is -1.87. The molecule has 0 radical (unpaired) electrons. The minimum absolute atomic E-state index is 0.373. The number of anilines is 1. The Balaban J connectivity index is 2.11. The molecule has 118 valence electrons. The summed E-state index contributed by atoms with van der Waals surface area (Å²) in [5.41, 5.74) is 1.72. The molecule has 0 bridgehead atoms. The molecule has 0 amide bonds. The number of aromatic nitrogens is 1. The number of benzene rings is 1. The minimum Gasteiger partial charge on any atom is -0.344 e. The summed E-state index contributed by atoms with van der Waals surface area (Å²) in [6, 6.07) is 11.1. The van der Waals surface area contributed by atoms with Crippen LogP contribution in [0, 0.1) is 11.3 Å². The van der Waals surface area contributed by atoms with Crippen LogP contribution in [0.5, 0.6) is 0 Å². The first kappa shape index (κ1) is 17.5. The van der Waals surface area contributed by atoms with Crippen molar-refractivity contribution in [3.63, 3.8) is 0 Å². The molecule has 1 heterocycles. The highest BCUT2D eigenvalue weighted by Gasteiger charge is 2.11. The first-order valence-corrected chi connectivity index (χ1v) is 8.03. The molecular formula is C16H14Cl2N4S. The van der Waals surface area contributed by atoms with Crippen LogP contribution in [0.25, 0.3) is 0 Å². The predicted molar refractivity (Wildman–Crippen MR) is 97.6 cm³/mol. The monoisotopic (exact) mass is 364 g/mol. The highest BCUT2D eigenvalue weighted by atomic mass is 35.5. The fourth-order valence-electron chi connectivity index (χ4n) is 1.98. The maximum atomic E-state index is 8.84. The Morgan fingerprint density at radius 1 is 1.30 bits per heavy atom. The molecule has 0 saturated carbocycles. The van der Waals surface area contributed by atoms with Crippen LogP contribution in [-0.2, 0) is 6.54 Å². The van der Waals surface area contributed by atoms with Crippen molar-refractivity contribution >= 4 is 46.2 Å². The third kappa shape index (κ3) is 5.68. The van der Waals surface area contributed by atoms with Crippen LogP contribution in [-0.4, -0.2) is 21.5 Å². The van der Waals surface area contributed by atoms with E-state index in [9.17, 15) is 0 Å². The second kappa shape index (κ2) is 8.68. The van der Waals surface area contributed by atoms with Gasteiger partial charge in [-0.2, -0.15) is 5.26 Å². The molecule has 0 unspecified atom stereocenters. The average Bonchev–Trinajstić information content (AvgIpc) is 2.51. The van der Waals surface area contributed by atoms with Crippen molar-refractivity contribution in [2.24, 2.45) is 0 Å². The maximum Gasteiger partial charge on any atom is 0.173 e. The Bertz CT molecular complexity index is 696. The van der Waals surface area contributed by atoms with Gasteiger partial charge in [0.1, 0.15) is 0 Å². The molecule has 2 aromatic rings. The van der Waals surface area contributed by atoms with Crippen molar-refractivity contribution in [3.05, 3.63) is 58.3 Å². The van der Waals surface area contributed by atoms with Gasteiger partial charge in [0.2, 0.25) is 0 Å². The van der Waals surface area contributed by atoms with Crippen LogP contribution in [0.2, 0.25) is 10.0 Å². The van der Waals surface area contributed by atoms with Gasteiger partial charge in [-0.25, -0.2) is 0 Å². The van der Waals surface area contributed by atoms with Crippen LogP contribution >= 0.6 is 35.4 Å². The second-order valence-corrected chi connectivity index (χ2v) is 6.04. The fraction of sp³-hybridized carbons (Fsp3) is 0.188. The Morgan fingerprint density at radius 3 is 2.65 bits per heavy atom. The van der Waals surface area contributed by atoms with E-state index >= 15 is 0 Å². The zero-order valence-electron chi connectivity index (χ0n) is 12.2. The molecule has 7 heteroatoms. The molecular weight excluding hydrogens is 351 g/mol. The molecule has 4 nitrogen and oxygen atoms in total. The molecule has 0 aliphatic carbocycles. The SMILES string of the molecule is N#CCCN(Cc1cccnc1)C(=S)Nc1cc(Cl)cc(Cl)c1. The van der Waals surface area contributed by atoms with Crippen LogP contribution < -0.4 is 5.32 Å². The molecule has 0 aliphatic heterocycles. The number of thiocarbonyl (C=S) groups is 1. The zero-order valence-corrected chi connectivity index (χ0v) is 14.5. The third-order valence-electron chi connectivity index (χ3n) is 2.99. The quantitative estimate of drug-likeness (QED) is 0.791. The summed E-state index contributed by atoms with van der Waals surface area (Å²) >= 11 is 17.4. The molecule has 0 spiro atoms. The molecule has 0 saturated heterocycles. The number of hydrogen-bond donors (Lipinski definition) is 1. The molecule has 1 N–H and O–H groups in total. The highest BCUT2D eigenvalue weighted by Crippen LogP contribution is 2.23. The number of hydrogen-bond acceptors (Lipinski definition) is 3. The summed E-state index contributed by atoms with van der Waals surface area (Å²) in [4.78, 5) is 6.00. The van der Waals surface area contributed by atoms with Crippen LogP contribution in [0.3, 0.4) is 0 Å². The maximum absolute atomic E-state index is 8.84. The summed E-state index contributed by atoms with van der Waals surface area (Å²) < 4.78 is 0. The van der Waals surface area contributed by atoms with E-state index in [0.29, 0.717) is 40.4 Å². The van der Waals surface area contributed by atoms with Gasteiger partial charge in [-0.15, -0.1) is 0 Å². The van der Waals surface area contributed by atoms with Gasteiger partial charge < -0.3 is 10.2 Å². The standard InChI is InChI=1S/C16H14Cl2N4S/c17-13-7-14(18)9-15(8-13)21-16(23)22(6-2-4-19)11-12-3-1-5-20-10-12/h1,3,5,7-10H,2,6,11H2,(H,21,23). The molecule has 0 aliphatic rings. The Kier molecular flexibility index (Phi) is 6.60. The fourth-order valence-corrected chi connectivity index (χ4v) is 2.78. The van der Waals surface area contributed by atoms with Crippen LogP contribution in [0.1, 0.15) is 12.0 Å². The molecule has 0 fully saturated rings. The lowest BCUT2D eigenvalue weighted by Crippen LogP contribution is -2.35. The number of halogens is 2. The van der Waals surface area contributed by atoms with E-state index < -0.39 is 0 Å². The molecule has 1 aromatic heterocycles. The van der Waals surface area contributed by atoms with E-state index in [-0.39, 0.29) is 0 Å². The van der Waals surface area contributed by atoms with Crippen molar-refractivity contribution < 1.29 is 0 Å². The molecule has 1 aromatic carbocycles. The second-order valence-electron chi connectivity index (χ2n) is 4.78. The number of nitriles is 1. The summed E-state index contributed by atoms with van der Waals surface area (Å²) in [7, 11) is 0. The van der Waals surface area contributed by atoms with E-state index in [1.54, 1.807) is 30.6 Å². The molecule has 2 rings (SSSR count). The van der Waals surface area contributed by atoms with Gasteiger partial charge in [-0.05, 0) is 42.0 Å². The van der Waals surface area contributed by atoms with Crippen LogP contribution in [0.4, 0.5) is 5.69 Å². The van der Waals surface area contributed by atoms with Crippen molar-refractivity contribution in [3.8, 4) is 6.07 Å². The van der Waals surface area contributed by atoms with Crippen molar-refractivity contribution in [2.45, 2.75) is 13.0 Å². The Labute approximate surface area is 150 Å². The van der Waals surface area contributed by atoms with E-state index in [1.807, 2.05) is 17.0 Å². The van der Waals surface area contributed by atoms with Gasteiger partial charge in [-0.3, -0.25) is 4.98 Å². The van der Waals surface area contributed by atoms with Crippen molar-refractivity contribution in [1.29, 1.82) is 5.26 Å². The summed E-state index contributed by atoms with van der Waals surface area (Å²) in [6.45, 7) is 1.08. The van der Waals surface area contributed by atoms with Crippen molar-refractivity contribution in [1.82, 2.24) is 9.88 Å². The van der Waals surface area contributed by atoms with Crippen molar-refractivity contribution in [2.75, 3.05) is 11.9 Å². The largest absolute Gasteiger partial charge is 0.344 e. The van der Waals surface area contributed by atoms with Gasteiger partial charge in [-0.1, -0.05) is 29.3 Å². The lowest BCUT2D eigenvalue weighted by atomic mass is 10.2. The summed E-state index contributed by atoms with van der Waals surface area (Å²) in [5, 5.41) is 13.5. The smallest absolute Gasteiger partial charge is 0.173 e. The van der Waals surface area contributed by atoms with E-state index in [0.717, 1.165) is 5.56 Å².